The van der Waals surface area contributed by atoms with Gasteiger partial charge in [-0.2, -0.15) is 0 Å². The molecule has 6 atom stereocenters. The van der Waals surface area contributed by atoms with Crippen molar-refractivity contribution in [2.45, 2.75) is 72.2 Å². The van der Waals surface area contributed by atoms with Crippen LogP contribution in [-0.2, 0) is 19.1 Å². The van der Waals surface area contributed by atoms with Crippen LogP contribution in [0.2, 0.25) is 0 Å². The molecule has 0 saturated heterocycles. The van der Waals surface area contributed by atoms with Crippen LogP contribution >= 0.6 is 0 Å². The summed E-state index contributed by atoms with van der Waals surface area (Å²) in [4.78, 5) is 24.1. The first-order valence-electron chi connectivity index (χ1n) is 9.15. The fourth-order valence-electron chi connectivity index (χ4n) is 4.84. The van der Waals surface area contributed by atoms with E-state index in [2.05, 4.69) is 6.92 Å². The topological polar surface area (TPSA) is 72.8 Å². The van der Waals surface area contributed by atoms with E-state index in [1.165, 1.54) is 0 Å². The number of hydrogen-bond donors (Lipinski definition) is 1. The van der Waals surface area contributed by atoms with Crippen molar-refractivity contribution in [2.75, 3.05) is 0 Å². The van der Waals surface area contributed by atoms with E-state index < -0.39 is 11.5 Å². The molecule has 3 rings (SSSR count). The van der Waals surface area contributed by atoms with Crippen LogP contribution in [0, 0.1) is 17.3 Å². The van der Waals surface area contributed by atoms with Gasteiger partial charge in [-0.25, -0.2) is 9.59 Å². The van der Waals surface area contributed by atoms with Crippen LogP contribution in [0.1, 0.15) is 53.9 Å². The highest BCUT2D eigenvalue weighted by atomic mass is 16.6. The summed E-state index contributed by atoms with van der Waals surface area (Å²) in [5.41, 5.74) is 1.42. The zero-order valence-electron chi connectivity index (χ0n) is 15.7. The Morgan fingerprint density at radius 1 is 1.40 bits per heavy atom. The van der Waals surface area contributed by atoms with Crippen LogP contribution in [0.15, 0.2) is 22.8 Å². The van der Waals surface area contributed by atoms with Crippen LogP contribution < -0.4 is 0 Å². The third-order valence-corrected chi connectivity index (χ3v) is 6.95. The second-order valence-electron chi connectivity index (χ2n) is 7.96. The number of aliphatic hydroxyl groups is 1. The molecule has 0 aromatic carbocycles. The van der Waals surface area contributed by atoms with E-state index in [-0.39, 0.29) is 36.0 Å². The molecule has 2 aliphatic carbocycles. The van der Waals surface area contributed by atoms with Crippen LogP contribution in [0.4, 0.5) is 0 Å². The maximum Gasteiger partial charge on any atom is 0.334 e. The van der Waals surface area contributed by atoms with Crippen molar-refractivity contribution >= 4 is 11.9 Å². The number of allylic oxidation sites excluding steroid dienone is 1. The van der Waals surface area contributed by atoms with Gasteiger partial charge in [0.1, 0.15) is 12.2 Å². The highest BCUT2D eigenvalue weighted by Gasteiger charge is 2.59. The summed E-state index contributed by atoms with van der Waals surface area (Å²) < 4.78 is 11.2. The molecule has 1 heterocycles. The molecule has 0 bridgehead atoms. The van der Waals surface area contributed by atoms with Gasteiger partial charge in [0.05, 0.1) is 6.10 Å². The molecule has 2 saturated carbocycles. The van der Waals surface area contributed by atoms with Crippen LogP contribution in [0.3, 0.4) is 0 Å². The van der Waals surface area contributed by atoms with Gasteiger partial charge >= 0.3 is 11.9 Å². The summed E-state index contributed by atoms with van der Waals surface area (Å²) in [5.74, 6) is -0.380. The molecule has 0 amide bonds. The highest BCUT2D eigenvalue weighted by Crippen LogP contribution is 2.57. The maximum atomic E-state index is 12.2. The predicted molar refractivity (Wildman–Crippen MR) is 92.5 cm³/mol. The van der Waals surface area contributed by atoms with Gasteiger partial charge in [0.2, 0.25) is 0 Å². The smallest absolute Gasteiger partial charge is 0.334 e. The van der Waals surface area contributed by atoms with Crippen molar-refractivity contribution in [3.8, 4) is 0 Å². The van der Waals surface area contributed by atoms with E-state index in [0.29, 0.717) is 11.1 Å². The van der Waals surface area contributed by atoms with Crippen molar-refractivity contribution in [1.82, 2.24) is 0 Å². The Balaban J connectivity index is 1.88. The summed E-state index contributed by atoms with van der Waals surface area (Å²) in [5, 5.41) is 11.2. The van der Waals surface area contributed by atoms with Crippen LogP contribution in [0.25, 0.3) is 0 Å². The summed E-state index contributed by atoms with van der Waals surface area (Å²) in [7, 11) is 0. The van der Waals surface area contributed by atoms with Crippen molar-refractivity contribution in [3.05, 3.63) is 22.8 Å². The first kappa shape index (κ1) is 18.2. The normalized spacial score (nSPS) is 41.1. The molecule has 0 radical (unpaired) electrons. The number of ether oxygens (including phenoxy) is 2. The van der Waals surface area contributed by atoms with E-state index in [1.54, 1.807) is 19.9 Å². The Morgan fingerprint density at radius 3 is 2.72 bits per heavy atom. The Bertz CT molecular complexity index is 661. The van der Waals surface area contributed by atoms with E-state index in [9.17, 15) is 14.7 Å². The lowest BCUT2D eigenvalue weighted by Crippen LogP contribution is -2.57. The fraction of sp³-hybridized carbons (Fsp3) is 0.700. The van der Waals surface area contributed by atoms with Gasteiger partial charge in [-0.05, 0) is 46.0 Å². The monoisotopic (exact) mass is 348 g/mol. The minimum atomic E-state index is -0.748. The summed E-state index contributed by atoms with van der Waals surface area (Å²) >= 11 is 0. The van der Waals surface area contributed by atoms with Gasteiger partial charge < -0.3 is 14.6 Å². The average Bonchev–Trinajstić information content (AvgIpc) is 2.86. The molecule has 1 aliphatic heterocycles. The molecule has 5 heteroatoms. The molecule has 138 valence electrons. The summed E-state index contributed by atoms with van der Waals surface area (Å²) in [6, 6.07) is 0. The number of aliphatic hydroxyl groups excluding tert-OH is 1. The lowest BCUT2D eigenvalue weighted by molar-refractivity contribution is -0.172. The molecule has 0 unspecified atom stereocenters. The quantitative estimate of drug-likeness (QED) is 0.613. The molecule has 0 spiro atoms. The van der Waals surface area contributed by atoms with E-state index in [0.717, 1.165) is 24.8 Å². The van der Waals surface area contributed by atoms with Crippen molar-refractivity contribution in [2.24, 2.45) is 17.3 Å². The number of carbonyl (C=O) groups is 2. The van der Waals surface area contributed by atoms with Gasteiger partial charge in [0.25, 0.3) is 0 Å². The third-order valence-electron chi connectivity index (χ3n) is 6.95. The number of esters is 2. The van der Waals surface area contributed by atoms with Crippen molar-refractivity contribution in [1.29, 1.82) is 0 Å². The first-order chi connectivity index (χ1) is 11.7. The number of hydrogen-bond acceptors (Lipinski definition) is 5. The summed E-state index contributed by atoms with van der Waals surface area (Å²) in [6.07, 6.45) is 2.84. The first-order valence-corrected chi connectivity index (χ1v) is 9.15. The molecule has 0 aromatic rings. The Kier molecular flexibility index (Phi) is 4.56. The van der Waals surface area contributed by atoms with Crippen molar-refractivity contribution < 1.29 is 24.2 Å². The standard InChI is InChI=1S/C20H28O5/c1-6-10(2)18(22)24-14-8-7-13-9-15-16(11(3)19(23)25-15)17(21)20(13,5)12(14)4/h6,12-15,17,21H,7-9H2,1-5H3/b10-6-/t12-,13+,14-,15-,17+,20+/m0/s1. The SMILES string of the molecule is C/C=C(/C)C(=O)O[C@H]1CC[C@@H]2C[C@@H]3OC(=O)C(C)=C3[C@@H](O)[C@]2(C)[C@H]1C. The average molecular weight is 348 g/mol. The number of rotatable bonds is 2. The number of carbonyl (C=O) groups excluding carboxylic acids is 2. The number of fused-ring (bicyclic) bond motifs is 2. The molecular formula is C20H28O5. The molecule has 5 nitrogen and oxygen atoms in total. The second-order valence-corrected chi connectivity index (χ2v) is 7.96. The van der Waals surface area contributed by atoms with Crippen LogP contribution in [-0.4, -0.2) is 35.4 Å². The molecule has 25 heavy (non-hydrogen) atoms. The van der Waals surface area contributed by atoms with Gasteiger partial charge in [-0.3, -0.25) is 0 Å². The minimum Gasteiger partial charge on any atom is -0.459 e. The van der Waals surface area contributed by atoms with Gasteiger partial charge in [0.15, 0.2) is 0 Å². The zero-order chi connectivity index (χ0) is 18.5. The highest BCUT2D eigenvalue weighted by molar-refractivity contribution is 5.92. The van der Waals surface area contributed by atoms with E-state index >= 15 is 0 Å². The Hall–Kier alpha value is -1.62. The zero-order valence-corrected chi connectivity index (χ0v) is 15.7. The maximum absolute atomic E-state index is 12.2. The fourth-order valence-corrected chi connectivity index (χ4v) is 4.84. The van der Waals surface area contributed by atoms with Crippen molar-refractivity contribution in [3.63, 3.8) is 0 Å². The largest absolute Gasteiger partial charge is 0.459 e. The van der Waals surface area contributed by atoms with Gasteiger partial charge in [-0.1, -0.05) is 19.9 Å². The lowest BCUT2D eigenvalue weighted by atomic mass is 9.52. The minimum absolute atomic E-state index is 0.00759. The molecule has 1 N–H and O–H groups in total. The van der Waals surface area contributed by atoms with E-state index in [4.69, 9.17) is 9.47 Å². The Labute approximate surface area is 149 Å². The lowest BCUT2D eigenvalue weighted by Gasteiger charge is -2.55. The Morgan fingerprint density at radius 2 is 2.08 bits per heavy atom. The summed E-state index contributed by atoms with van der Waals surface area (Å²) in [6.45, 7) is 9.40. The second kappa shape index (κ2) is 6.27. The predicted octanol–water partition coefficient (Wildman–Crippen LogP) is 2.92. The van der Waals surface area contributed by atoms with Gasteiger partial charge in [0, 0.05) is 28.1 Å². The molecule has 3 aliphatic rings. The molecule has 2 fully saturated rings. The van der Waals surface area contributed by atoms with Gasteiger partial charge in [-0.15, -0.1) is 0 Å². The van der Waals surface area contributed by atoms with E-state index in [1.807, 2.05) is 13.8 Å². The molecular weight excluding hydrogens is 320 g/mol. The molecule has 0 aromatic heterocycles. The van der Waals surface area contributed by atoms with Crippen LogP contribution in [0.5, 0.6) is 0 Å². The third kappa shape index (κ3) is 2.64.